The van der Waals surface area contributed by atoms with Crippen molar-refractivity contribution in [2.45, 2.75) is 13.3 Å². The molecule has 1 N–H and O–H groups in total. The molecule has 0 unspecified atom stereocenters. The number of nitrogens with one attached hydrogen (secondary N) is 1. The van der Waals surface area contributed by atoms with Gasteiger partial charge in [-0.25, -0.2) is 0 Å². The molecule has 2 heterocycles. The minimum Gasteiger partial charge on any atom is -0.356 e. The number of amides is 1. The Hall–Kier alpha value is -3.14. The van der Waals surface area contributed by atoms with Crippen LogP contribution in [-0.4, -0.2) is 34.7 Å². The van der Waals surface area contributed by atoms with Crippen LogP contribution in [0.2, 0.25) is 0 Å². The van der Waals surface area contributed by atoms with Crippen molar-refractivity contribution >= 4 is 28.0 Å². The molecule has 0 bridgehead atoms. The van der Waals surface area contributed by atoms with Crippen molar-refractivity contribution < 1.29 is 9.59 Å². The second-order valence-corrected chi connectivity index (χ2v) is 6.62. The number of fused-ring (bicyclic) bond motifs is 1. The first kappa shape index (κ1) is 16.3. The van der Waals surface area contributed by atoms with E-state index in [1.54, 1.807) is 12.3 Å². The van der Waals surface area contributed by atoms with Crippen LogP contribution >= 0.6 is 0 Å². The molecule has 1 amide bonds. The fourth-order valence-corrected chi connectivity index (χ4v) is 3.50. The third kappa shape index (κ3) is 2.94. The van der Waals surface area contributed by atoms with Crippen LogP contribution in [0.1, 0.15) is 39.8 Å². The lowest BCUT2D eigenvalue weighted by atomic mass is 9.94. The monoisotopic (exact) mass is 344 g/mol. The Kier molecular flexibility index (Phi) is 4.17. The maximum absolute atomic E-state index is 12.6. The molecule has 4 rings (SSSR count). The molecule has 0 saturated heterocycles. The van der Waals surface area contributed by atoms with Crippen LogP contribution in [-0.2, 0) is 0 Å². The van der Waals surface area contributed by atoms with E-state index in [9.17, 15) is 9.59 Å². The van der Waals surface area contributed by atoms with E-state index < -0.39 is 0 Å². The van der Waals surface area contributed by atoms with Crippen molar-refractivity contribution in [3.63, 3.8) is 0 Å². The number of Topliss-reactive ketones (excluding diaryl/α,β-unsaturated/α-hetero) is 1. The molecule has 0 radical (unpaired) electrons. The minimum atomic E-state index is -0.0641. The smallest absolute Gasteiger partial charge is 0.270 e. The van der Waals surface area contributed by atoms with E-state index in [2.05, 4.69) is 47.5 Å². The van der Waals surface area contributed by atoms with E-state index in [-0.39, 0.29) is 11.7 Å². The van der Waals surface area contributed by atoms with Crippen LogP contribution in [0.15, 0.2) is 60.8 Å². The molecule has 4 heteroatoms. The van der Waals surface area contributed by atoms with Crippen LogP contribution in [0.3, 0.4) is 0 Å². The van der Waals surface area contributed by atoms with Crippen molar-refractivity contribution in [1.82, 2.24) is 9.88 Å². The third-order valence-electron chi connectivity index (χ3n) is 4.95. The Morgan fingerprint density at radius 3 is 2.62 bits per heavy atom. The van der Waals surface area contributed by atoms with Gasteiger partial charge in [-0.3, -0.25) is 9.59 Å². The average molecular weight is 344 g/mol. The SMILES string of the molecule is CC(=O)c1c[nH]c(C(=O)N2CC=C(c3cccc4ccccc34)CC2)c1. The highest BCUT2D eigenvalue weighted by Gasteiger charge is 2.21. The molecule has 26 heavy (non-hydrogen) atoms. The zero-order chi connectivity index (χ0) is 18.1. The topological polar surface area (TPSA) is 53.2 Å². The lowest BCUT2D eigenvalue weighted by Crippen LogP contribution is -2.34. The molecule has 0 spiro atoms. The number of aromatic amines is 1. The number of carbonyl (C=O) groups excluding carboxylic acids is 2. The van der Waals surface area contributed by atoms with Gasteiger partial charge >= 0.3 is 0 Å². The average Bonchev–Trinajstić information content (AvgIpc) is 3.18. The third-order valence-corrected chi connectivity index (χ3v) is 4.95. The number of ketones is 1. The first-order valence-electron chi connectivity index (χ1n) is 8.79. The van der Waals surface area contributed by atoms with Crippen molar-refractivity contribution in [3.8, 4) is 0 Å². The van der Waals surface area contributed by atoms with Gasteiger partial charge in [-0.05, 0) is 41.3 Å². The second-order valence-electron chi connectivity index (χ2n) is 6.62. The highest BCUT2D eigenvalue weighted by atomic mass is 16.2. The Bertz CT molecular complexity index is 1020. The zero-order valence-electron chi connectivity index (χ0n) is 14.7. The summed E-state index contributed by atoms with van der Waals surface area (Å²) >= 11 is 0. The van der Waals surface area contributed by atoms with E-state index in [0.29, 0.717) is 24.3 Å². The molecular weight excluding hydrogens is 324 g/mol. The molecule has 3 aromatic rings. The predicted octanol–water partition coefficient (Wildman–Crippen LogP) is 4.30. The number of carbonyl (C=O) groups is 2. The molecule has 0 aliphatic carbocycles. The zero-order valence-corrected chi connectivity index (χ0v) is 14.7. The summed E-state index contributed by atoms with van der Waals surface area (Å²) in [7, 11) is 0. The predicted molar refractivity (Wildman–Crippen MR) is 103 cm³/mol. The van der Waals surface area contributed by atoms with Crippen LogP contribution in [0.4, 0.5) is 0 Å². The standard InChI is InChI=1S/C22H20N2O2/c1-15(25)18-13-21(23-14-18)22(26)24-11-9-17(10-12-24)20-8-4-6-16-5-2-3-7-19(16)20/h2-9,13-14,23H,10-12H2,1H3. The first-order valence-corrected chi connectivity index (χ1v) is 8.79. The van der Waals surface area contributed by atoms with Crippen molar-refractivity contribution in [3.05, 3.63) is 77.6 Å². The van der Waals surface area contributed by atoms with E-state index in [1.165, 1.54) is 28.8 Å². The van der Waals surface area contributed by atoms with Gasteiger partial charge in [0.05, 0.1) is 0 Å². The number of H-pyrrole nitrogens is 1. The molecule has 1 aliphatic heterocycles. The van der Waals surface area contributed by atoms with Gasteiger partial charge in [0, 0.05) is 24.8 Å². The molecule has 4 nitrogen and oxygen atoms in total. The van der Waals surface area contributed by atoms with E-state index in [1.807, 2.05) is 11.0 Å². The van der Waals surface area contributed by atoms with Gasteiger partial charge in [-0.2, -0.15) is 0 Å². The Balaban J connectivity index is 1.56. The Morgan fingerprint density at radius 1 is 1.08 bits per heavy atom. The number of hydrogen-bond acceptors (Lipinski definition) is 2. The molecule has 0 saturated carbocycles. The maximum atomic E-state index is 12.6. The molecule has 130 valence electrons. The summed E-state index contributed by atoms with van der Waals surface area (Å²) in [4.78, 5) is 28.8. The summed E-state index contributed by atoms with van der Waals surface area (Å²) in [6.07, 6.45) is 4.55. The van der Waals surface area contributed by atoms with Gasteiger partial charge in [0.15, 0.2) is 5.78 Å². The minimum absolute atomic E-state index is 0.0444. The highest BCUT2D eigenvalue weighted by Crippen LogP contribution is 2.29. The summed E-state index contributed by atoms with van der Waals surface area (Å²) in [5.74, 6) is -0.109. The molecular formula is C22H20N2O2. The van der Waals surface area contributed by atoms with Gasteiger partial charge in [-0.1, -0.05) is 48.5 Å². The summed E-state index contributed by atoms with van der Waals surface area (Å²) in [6, 6.07) is 16.4. The van der Waals surface area contributed by atoms with Crippen LogP contribution in [0.5, 0.6) is 0 Å². The quantitative estimate of drug-likeness (QED) is 0.720. The van der Waals surface area contributed by atoms with Gasteiger partial charge in [0.1, 0.15) is 5.69 Å². The molecule has 0 atom stereocenters. The summed E-state index contributed by atoms with van der Waals surface area (Å²) in [5.41, 5.74) is 3.53. The highest BCUT2D eigenvalue weighted by molar-refractivity contribution is 5.99. The van der Waals surface area contributed by atoms with Crippen molar-refractivity contribution in [2.75, 3.05) is 13.1 Å². The molecule has 0 fully saturated rings. The fourth-order valence-electron chi connectivity index (χ4n) is 3.50. The van der Waals surface area contributed by atoms with Crippen LogP contribution < -0.4 is 0 Å². The Labute approximate surface area is 152 Å². The van der Waals surface area contributed by atoms with Gasteiger partial charge < -0.3 is 9.88 Å². The lowest BCUT2D eigenvalue weighted by Gasteiger charge is -2.26. The van der Waals surface area contributed by atoms with Crippen LogP contribution in [0, 0.1) is 0 Å². The molecule has 1 aromatic heterocycles. The molecule has 2 aromatic carbocycles. The lowest BCUT2D eigenvalue weighted by molar-refractivity contribution is 0.0767. The largest absolute Gasteiger partial charge is 0.356 e. The second kappa shape index (κ2) is 6.64. The maximum Gasteiger partial charge on any atom is 0.270 e. The van der Waals surface area contributed by atoms with Gasteiger partial charge in [0.2, 0.25) is 0 Å². The van der Waals surface area contributed by atoms with Crippen molar-refractivity contribution in [1.29, 1.82) is 0 Å². The normalized spacial score (nSPS) is 14.3. The number of rotatable bonds is 3. The summed E-state index contributed by atoms with van der Waals surface area (Å²) in [6.45, 7) is 2.74. The van der Waals surface area contributed by atoms with Gasteiger partial charge in [-0.15, -0.1) is 0 Å². The fraction of sp³-hybridized carbons (Fsp3) is 0.182. The van der Waals surface area contributed by atoms with Crippen molar-refractivity contribution in [2.24, 2.45) is 0 Å². The van der Waals surface area contributed by atoms with E-state index >= 15 is 0 Å². The number of aromatic nitrogens is 1. The molecule has 1 aliphatic rings. The first-order chi connectivity index (χ1) is 12.6. The number of benzene rings is 2. The van der Waals surface area contributed by atoms with Crippen LogP contribution in [0.25, 0.3) is 16.3 Å². The Morgan fingerprint density at radius 2 is 1.88 bits per heavy atom. The number of hydrogen-bond donors (Lipinski definition) is 1. The summed E-state index contributed by atoms with van der Waals surface area (Å²) in [5, 5.41) is 2.48. The van der Waals surface area contributed by atoms with Gasteiger partial charge in [0.25, 0.3) is 5.91 Å². The summed E-state index contributed by atoms with van der Waals surface area (Å²) < 4.78 is 0. The van der Waals surface area contributed by atoms with E-state index in [4.69, 9.17) is 0 Å². The number of nitrogens with zero attached hydrogens (tertiary/aromatic N) is 1. The van der Waals surface area contributed by atoms with E-state index in [0.717, 1.165) is 6.42 Å².